The fourth-order valence-corrected chi connectivity index (χ4v) is 4.89. The van der Waals surface area contributed by atoms with Crippen LogP contribution in [0.1, 0.15) is 11.1 Å². The second-order valence-corrected chi connectivity index (χ2v) is 8.38. The number of amides is 2. The summed E-state index contributed by atoms with van der Waals surface area (Å²) in [6, 6.07) is 14.7. The van der Waals surface area contributed by atoms with Crippen LogP contribution in [0.5, 0.6) is 0 Å². The number of halogens is 2. The predicted molar refractivity (Wildman–Crippen MR) is 105 cm³/mol. The summed E-state index contributed by atoms with van der Waals surface area (Å²) in [7, 11) is -4.42. The number of hydrogen-bond donors (Lipinski definition) is 0. The van der Waals surface area contributed by atoms with Crippen LogP contribution in [0.2, 0.25) is 0 Å². The molecule has 5 nitrogen and oxygen atoms in total. The van der Waals surface area contributed by atoms with Gasteiger partial charge in [0.1, 0.15) is 22.2 Å². The van der Waals surface area contributed by atoms with Gasteiger partial charge in [0.25, 0.3) is 10.0 Å². The van der Waals surface area contributed by atoms with Gasteiger partial charge in [-0.25, -0.2) is 22.0 Å². The maximum absolute atomic E-state index is 14.4. The number of urea groups is 1. The van der Waals surface area contributed by atoms with Crippen molar-refractivity contribution >= 4 is 27.4 Å². The maximum Gasteiger partial charge on any atom is 0.343 e. The molecular weight excluding hydrogens is 398 g/mol. The molecule has 0 bridgehead atoms. The van der Waals surface area contributed by atoms with Crippen molar-refractivity contribution in [3.8, 4) is 0 Å². The van der Waals surface area contributed by atoms with Crippen molar-refractivity contribution in [2.45, 2.75) is 18.4 Å². The quantitative estimate of drug-likeness (QED) is 0.629. The number of aryl methyl sites for hydroxylation is 1. The first-order valence-electron chi connectivity index (χ1n) is 8.76. The van der Waals surface area contributed by atoms with Gasteiger partial charge in [0.2, 0.25) is 0 Å². The molecule has 0 unspecified atom stereocenters. The van der Waals surface area contributed by atoms with Crippen LogP contribution in [0.25, 0.3) is 0 Å². The van der Waals surface area contributed by atoms with Crippen LogP contribution in [0, 0.1) is 18.6 Å². The van der Waals surface area contributed by atoms with Gasteiger partial charge in [-0.05, 0) is 42.3 Å². The number of sulfonamides is 1. The van der Waals surface area contributed by atoms with Crippen molar-refractivity contribution in [2.75, 3.05) is 9.21 Å². The molecule has 1 heterocycles. The van der Waals surface area contributed by atoms with Gasteiger partial charge < -0.3 is 0 Å². The lowest BCUT2D eigenvalue weighted by Crippen LogP contribution is -2.51. The van der Waals surface area contributed by atoms with Crippen molar-refractivity contribution in [1.29, 1.82) is 0 Å². The van der Waals surface area contributed by atoms with E-state index in [1.807, 2.05) is 31.2 Å². The third-order valence-electron chi connectivity index (χ3n) is 4.80. The Balaban J connectivity index is 1.92. The van der Waals surface area contributed by atoms with Crippen LogP contribution in [0.3, 0.4) is 0 Å². The second kappa shape index (κ2) is 6.97. The molecule has 0 saturated carbocycles. The normalized spacial score (nSPS) is 15.3. The van der Waals surface area contributed by atoms with E-state index in [0.717, 1.165) is 23.3 Å². The Labute approximate surface area is 166 Å². The highest BCUT2D eigenvalue weighted by Crippen LogP contribution is 2.39. The van der Waals surface area contributed by atoms with Crippen molar-refractivity contribution in [3.05, 3.63) is 89.5 Å². The fourth-order valence-electron chi connectivity index (χ4n) is 3.30. The summed E-state index contributed by atoms with van der Waals surface area (Å²) in [6.45, 7) is 1.95. The average molecular weight is 414 g/mol. The number of fused-ring (bicyclic) bond motifs is 1. The van der Waals surface area contributed by atoms with E-state index in [9.17, 15) is 22.0 Å². The summed E-state index contributed by atoms with van der Waals surface area (Å²) < 4.78 is 54.8. The van der Waals surface area contributed by atoms with E-state index in [4.69, 9.17) is 0 Å². The first kappa shape index (κ1) is 19.1. The van der Waals surface area contributed by atoms with Crippen LogP contribution in [-0.4, -0.2) is 14.4 Å². The molecule has 8 heteroatoms. The van der Waals surface area contributed by atoms with E-state index in [0.29, 0.717) is 10.4 Å². The average Bonchev–Trinajstić information content (AvgIpc) is 2.69. The molecule has 3 aromatic rings. The van der Waals surface area contributed by atoms with E-state index < -0.39 is 33.4 Å². The standard InChI is InChI=1S/C21H16F2N2O3S/c1-14-6-2-3-7-15(14)13-24-18-8-4-5-9-20(18)29(27,28)25(21(24)26)19-12-16(22)10-11-17(19)23/h2-12H,13H2,1H3. The van der Waals surface area contributed by atoms with Crippen LogP contribution in [-0.2, 0) is 16.6 Å². The van der Waals surface area contributed by atoms with E-state index in [2.05, 4.69) is 0 Å². The van der Waals surface area contributed by atoms with E-state index >= 15 is 0 Å². The Morgan fingerprint density at radius 3 is 2.34 bits per heavy atom. The summed E-state index contributed by atoms with van der Waals surface area (Å²) >= 11 is 0. The number of carbonyl (C=O) groups is 1. The Morgan fingerprint density at radius 1 is 0.897 bits per heavy atom. The number of hydrogen-bond acceptors (Lipinski definition) is 3. The maximum atomic E-state index is 14.4. The van der Waals surface area contributed by atoms with Crippen LogP contribution >= 0.6 is 0 Å². The first-order valence-corrected chi connectivity index (χ1v) is 10.2. The van der Waals surface area contributed by atoms with Crippen molar-refractivity contribution in [1.82, 2.24) is 0 Å². The summed E-state index contributed by atoms with van der Waals surface area (Å²) in [5.74, 6) is -1.87. The molecule has 1 aliphatic rings. The zero-order valence-electron chi connectivity index (χ0n) is 15.3. The van der Waals surface area contributed by atoms with Gasteiger partial charge in [-0.1, -0.05) is 36.4 Å². The lowest BCUT2D eigenvalue weighted by molar-refractivity contribution is 0.253. The number of anilines is 2. The first-order chi connectivity index (χ1) is 13.8. The summed E-state index contributed by atoms with van der Waals surface area (Å²) in [5.41, 5.74) is 1.25. The smallest absolute Gasteiger partial charge is 0.287 e. The number of para-hydroxylation sites is 1. The fraction of sp³-hybridized carbons (Fsp3) is 0.0952. The van der Waals surface area contributed by atoms with Crippen LogP contribution in [0.4, 0.5) is 25.0 Å². The zero-order valence-corrected chi connectivity index (χ0v) is 16.2. The Hall–Kier alpha value is -3.26. The number of nitrogens with zero attached hydrogens (tertiary/aromatic N) is 2. The predicted octanol–water partition coefficient (Wildman–Crippen LogP) is 4.61. The molecule has 148 valence electrons. The van der Waals surface area contributed by atoms with Gasteiger partial charge in [0.05, 0.1) is 12.2 Å². The molecule has 0 spiro atoms. The summed E-state index contributed by atoms with van der Waals surface area (Å²) in [4.78, 5) is 14.4. The minimum absolute atomic E-state index is 0.0749. The molecule has 2 amide bonds. The van der Waals surface area contributed by atoms with Crippen molar-refractivity contribution in [3.63, 3.8) is 0 Å². The lowest BCUT2D eigenvalue weighted by Gasteiger charge is -2.36. The van der Waals surface area contributed by atoms with Gasteiger partial charge >= 0.3 is 6.03 Å². The highest BCUT2D eigenvalue weighted by Gasteiger charge is 2.43. The highest BCUT2D eigenvalue weighted by atomic mass is 32.2. The summed E-state index contributed by atoms with van der Waals surface area (Å²) in [5, 5.41) is 0. The topological polar surface area (TPSA) is 57.7 Å². The Morgan fingerprint density at radius 2 is 1.59 bits per heavy atom. The van der Waals surface area contributed by atoms with Gasteiger partial charge in [-0.3, -0.25) is 4.90 Å². The molecule has 0 fully saturated rings. The molecular formula is C21H16F2N2O3S. The molecule has 0 aromatic heterocycles. The molecule has 29 heavy (non-hydrogen) atoms. The Bertz CT molecular complexity index is 1230. The Kier molecular flexibility index (Phi) is 4.58. The lowest BCUT2D eigenvalue weighted by atomic mass is 10.1. The molecule has 0 saturated heterocycles. The van der Waals surface area contributed by atoms with E-state index in [1.165, 1.54) is 23.1 Å². The molecule has 0 N–H and O–H groups in total. The number of rotatable bonds is 3. The minimum atomic E-state index is -4.42. The third-order valence-corrected chi connectivity index (χ3v) is 6.53. The molecule has 0 aliphatic carbocycles. The molecule has 0 radical (unpaired) electrons. The van der Waals surface area contributed by atoms with E-state index in [-0.39, 0.29) is 17.1 Å². The molecule has 4 rings (SSSR count). The van der Waals surface area contributed by atoms with E-state index in [1.54, 1.807) is 6.07 Å². The third kappa shape index (κ3) is 3.15. The number of carbonyl (C=O) groups excluding carboxylic acids is 1. The van der Waals surface area contributed by atoms with Crippen molar-refractivity contribution < 1.29 is 22.0 Å². The second-order valence-electron chi connectivity index (χ2n) is 6.63. The van der Waals surface area contributed by atoms with Gasteiger partial charge in [-0.15, -0.1) is 0 Å². The summed E-state index contributed by atoms with van der Waals surface area (Å²) in [6.07, 6.45) is 0. The van der Waals surface area contributed by atoms with Gasteiger partial charge in [-0.2, -0.15) is 4.31 Å². The molecule has 3 aromatic carbocycles. The SMILES string of the molecule is Cc1ccccc1CN1C(=O)N(c2cc(F)ccc2F)S(=O)(=O)c2ccccc21. The molecule has 1 aliphatic heterocycles. The number of benzene rings is 3. The highest BCUT2D eigenvalue weighted by molar-refractivity contribution is 7.94. The van der Waals surface area contributed by atoms with Crippen molar-refractivity contribution in [2.24, 2.45) is 0 Å². The largest absolute Gasteiger partial charge is 0.343 e. The van der Waals surface area contributed by atoms with Gasteiger partial charge in [0.15, 0.2) is 0 Å². The van der Waals surface area contributed by atoms with Gasteiger partial charge in [0, 0.05) is 6.07 Å². The zero-order chi connectivity index (χ0) is 20.8. The minimum Gasteiger partial charge on any atom is -0.287 e. The monoisotopic (exact) mass is 414 g/mol. The van der Waals surface area contributed by atoms with Crippen LogP contribution in [0.15, 0.2) is 71.6 Å². The molecule has 0 atom stereocenters. The van der Waals surface area contributed by atoms with Crippen LogP contribution < -0.4 is 9.21 Å².